The van der Waals surface area contributed by atoms with Gasteiger partial charge in [0.05, 0.1) is 0 Å². The SMILES string of the molecule is CCCNCCC(C)(C)c1ccc(C(C)CC)cc1. The van der Waals surface area contributed by atoms with E-state index in [-0.39, 0.29) is 5.41 Å². The molecule has 1 aromatic rings. The summed E-state index contributed by atoms with van der Waals surface area (Å²) in [6.45, 7) is 13.7. The fourth-order valence-corrected chi connectivity index (χ4v) is 2.35. The van der Waals surface area contributed by atoms with Gasteiger partial charge >= 0.3 is 0 Å². The smallest absolute Gasteiger partial charge is 0.00406 e. The molecular weight excluding hydrogens is 230 g/mol. The standard InChI is InChI=1S/C18H31N/c1-6-13-19-14-12-18(4,5)17-10-8-16(9-11-17)15(3)7-2/h8-11,15,19H,6-7,12-14H2,1-5H3. The van der Waals surface area contributed by atoms with Gasteiger partial charge in [-0.25, -0.2) is 0 Å². The second kappa shape index (κ2) is 7.69. The van der Waals surface area contributed by atoms with Crippen molar-refractivity contribution >= 4 is 0 Å². The van der Waals surface area contributed by atoms with Crippen molar-refractivity contribution in [3.8, 4) is 0 Å². The van der Waals surface area contributed by atoms with Gasteiger partial charge in [0.25, 0.3) is 0 Å². The lowest BCUT2D eigenvalue weighted by Gasteiger charge is -2.26. The van der Waals surface area contributed by atoms with Crippen LogP contribution < -0.4 is 5.32 Å². The first kappa shape index (κ1) is 16.2. The second-order valence-electron chi connectivity index (χ2n) is 6.32. The van der Waals surface area contributed by atoms with E-state index in [1.807, 2.05) is 0 Å². The molecular formula is C18H31N. The molecule has 1 nitrogen and oxygen atoms in total. The van der Waals surface area contributed by atoms with E-state index in [0.717, 1.165) is 13.1 Å². The van der Waals surface area contributed by atoms with Crippen molar-refractivity contribution in [1.82, 2.24) is 5.32 Å². The Kier molecular flexibility index (Phi) is 6.57. The van der Waals surface area contributed by atoms with Gasteiger partial charge < -0.3 is 5.32 Å². The summed E-state index contributed by atoms with van der Waals surface area (Å²) in [6, 6.07) is 9.26. The molecule has 1 heteroatoms. The molecule has 1 aromatic carbocycles. The van der Waals surface area contributed by atoms with Crippen molar-refractivity contribution in [2.24, 2.45) is 0 Å². The third-order valence-corrected chi connectivity index (χ3v) is 4.23. The summed E-state index contributed by atoms with van der Waals surface area (Å²) < 4.78 is 0. The summed E-state index contributed by atoms with van der Waals surface area (Å²) in [5.41, 5.74) is 3.18. The van der Waals surface area contributed by atoms with Crippen LogP contribution in [-0.4, -0.2) is 13.1 Å². The lowest BCUT2D eigenvalue weighted by atomic mass is 9.80. The van der Waals surface area contributed by atoms with Crippen molar-refractivity contribution in [2.45, 2.75) is 65.2 Å². The van der Waals surface area contributed by atoms with E-state index in [1.54, 1.807) is 0 Å². The molecule has 0 radical (unpaired) electrons. The minimum atomic E-state index is 0.259. The predicted molar refractivity (Wildman–Crippen MR) is 86.0 cm³/mol. The van der Waals surface area contributed by atoms with Crippen LogP contribution in [0.1, 0.15) is 70.9 Å². The Labute approximate surface area is 119 Å². The van der Waals surface area contributed by atoms with Crippen LogP contribution in [0.5, 0.6) is 0 Å². The van der Waals surface area contributed by atoms with Crippen molar-refractivity contribution in [3.05, 3.63) is 35.4 Å². The van der Waals surface area contributed by atoms with Gasteiger partial charge in [-0.05, 0) is 54.8 Å². The third-order valence-electron chi connectivity index (χ3n) is 4.23. The van der Waals surface area contributed by atoms with E-state index in [0.29, 0.717) is 5.92 Å². The van der Waals surface area contributed by atoms with E-state index in [4.69, 9.17) is 0 Å². The zero-order valence-electron chi connectivity index (χ0n) is 13.4. The number of hydrogen-bond acceptors (Lipinski definition) is 1. The van der Waals surface area contributed by atoms with Crippen LogP contribution in [0.2, 0.25) is 0 Å². The molecule has 0 saturated heterocycles. The molecule has 1 unspecified atom stereocenters. The van der Waals surface area contributed by atoms with E-state index < -0.39 is 0 Å². The number of nitrogens with one attached hydrogen (secondary N) is 1. The molecule has 1 atom stereocenters. The Morgan fingerprint density at radius 2 is 1.68 bits per heavy atom. The van der Waals surface area contributed by atoms with Gasteiger partial charge in [0.15, 0.2) is 0 Å². The van der Waals surface area contributed by atoms with Gasteiger partial charge in [-0.2, -0.15) is 0 Å². The quantitative estimate of drug-likeness (QED) is 0.658. The first-order valence-corrected chi connectivity index (χ1v) is 7.82. The van der Waals surface area contributed by atoms with E-state index in [1.165, 1.54) is 30.4 Å². The fourth-order valence-electron chi connectivity index (χ4n) is 2.35. The summed E-state index contributed by atoms with van der Waals surface area (Å²) >= 11 is 0. The second-order valence-corrected chi connectivity index (χ2v) is 6.32. The Balaban J connectivity index is 2.62. The Morgan fingerprint density at radius 3 is 2.21 bits per heavy atom. The topological polar surface area (TPSA) is 12.0 Å². The number of rotatable bonds is 8. The number of benzene rings is 1. The van der Waals surface area contributed by atoms with Gasteiger partial charge in [0, 0.05) is 0 Å². The molecule has 1 rings (SSSR count). The maximum atomic E-state index is 3.50. The van der Waals surface area contributed by atoms with Gasteiger partial charge in [0.2, 0.25) is 0 Å². The highest BCUT2D eigenvalue weighted by molar-refractivity contribution is 5.29. The first-order valence-electron chi connectivity index (χ1n) is 7.82. The highest BCUT2D eigenvalue weighted by Crippen LogP contribution is 2.28. The third kappa shape index (κ3) is 4.99. The van der Waals surface area contributed by atoms with Gasteiger partial charge in [-0.15, -0.1) is 0 Å². The molecule has 108 valence electrons. The lowest BCUT2D eigenvalue weighted by molar-refractivity contribution is 0.457. The fraction of sp³-hybridized carbons (Fsp3) is 0.667. The van der Waals surface area contributed by atoms with E-state index in [9.17, 15) is 0 Å². The molecule has 0 aromatic heterocycles. The van der Waals surface area contributed by atoms with Crippen LogP contribution in [0.25, 0.3) is 0 Å². The first-order chi connectivity index (χ1) is 9.01. The normalized spacial score (nSPS) is 13.5. The lowest BCUT2D eigenvalue weighted by Crippen LogP contribution is -2.25. The zero-order valence-corrected chi connectivity index (χ0v) is 13.4. The minimum absolute atomic E-state index is 0.259. The minimum Gasteiger partial charge on any atom is -0.317 e. The van der Waals surface area contributed by atoms with Crippen LogP contribution in [0.4, 0.5) is 0 Å². The van der Waals surface area contributed by atoms with Gasteiger partial charge in [-0.3, -0.25) is 0 Å². The molecule has 0 saturated carbocycles. The van der Waals surface area contributed by atoms with Gasteiger partial charge in [-0.1, -0.05) is 58.9 Å². The van der Waals surface area contributed by atoms with E-state index in [2.05, 4.69) is 64.2 Å². The van der Waals surface area contributed by atoms with Crippen LogP contribution in [-0.2, 0) is 5.41 Å². The molecule has 1 N–H and O–H groups in total. The summed E-state index contributed by atoms with van der Waals surface area (Å²) in [5.74, 6) is 0.670. The highest BCUT2D eigenvalue weighted by Gasteiger charge is 2.20. The molecule has 19 heavy (non-hydrogen) atoms. The number of hydrogen-bond donors (Lipinski definition) is 1. The van der Waals surface area contributed by atoms with Crippen molar-refractivity contribution in [3.63, 3.8) is 0 Å². The zero-order chi connectivity index (χ0) is 14.3. The molecule has 0 heterocycles. The Hall–Kier alpha value is -0.820. The summed E-state index contributed by atoms with van der Waals surface area (Å²) in [5, 5.41) is 3.50. The summed E-state index contributed by atoms with van der Waals surface area (Å²) in [6.07, 6.45) is 3.61. The molecule has 0 bridgehead atoms. The largest absolute Gasteiger partial charge is 0.317 e. The molecule has 0 fully saturated rings. The maximum Gasteiger partial charge on any atom is -0.00406 e. The average molecular weight is 261 g/mol. The molecule has 0 spiro atoms. The van der Waals surface area contributed by atoms with Crippen LogP contribution >= 0.6 is 0 Å². The van der Waals surface area contributed by atoms with Crippen molar-refractivity contribution < 1.29 is 0 Å². The Bertz CT molecular complexity index is 350. The molecule has 0 aliphatic rings. The van der Waals surface area contributed by atoms with Crippen molar-refractivity contribution in [1.29, 1.82) is 0 Å². The maximum absolute atomic E-state index is 3.50. The molecule has 0 aliphatic carbocycles. The van der Waals surface area contributed by atoms with E-state index >= 15 is 0 Å². The monoisotopic (exact) mass is 261 g/mol. The molecule has 0 amide bonds. The summed E-state index contributed by atoms with van der Waals surface area (Å²) in [7, 11) is 0. The van der Waals surface area contributed by atoms with Crippen LogP contribution in [0.3, 0.4) is 0 Å². The average Bonchev–Trinajstić information content (AvgIpc) is 2.43. The highest BCUT2D eigenvalue weighted by atomic mass is 14.8. The Morgan fingerprint density at radius 1 is 1.05 bits per heavy atom. The van der Waals surface area contributed by atoms with Gasteiger partial charge in [0.1, 0.15) is 0 Å². The van der Waals surface area contributed by atoms with Crippen LogP contribution in [0, 0.1) is 0 Å². The predicted octanol–water partition coefficient (Wildman–Crippen LogP) is 4.87. The molecule has 0 aliphatic heterocycles. The summed E-state index contributed by atoms with van der Waals surface area (Å²) in [4.78, 5) is 0. The van der Waals surface area contributed by atoms with Crippen LogP contribution in [0.15, 0.2) is 24.3 Å². The van der Waals surface area contributed by atoms with Crippen molar-refractivity contribution in [2.75, 3.05) is 13.1 Å².